The van der Waals surface area contributed by atoms with Gasteiger partial charge in [-0.25, -0.2) is 0 Å². The molecule has 4 rings (SSSR count). The van der Waals surface area contributed by atoms with E-state index < -0.39 is 23.5 Å². The average Bonchev–Trinajstić information content (AvgIpc) is 2.72. The number of fused-ring (bicyclic) bond motifs is 3. The van der Waals surface area contributed by atoms with E-state index in [2.05, 4.69) is 0 Å². The van der Waals surface area contributed by atoms with Crippen LogP contribution in [0.2, 0.25) is 0 Å². The van der Waals surface area contributed by atoms with E-state index in [-0.39, 0.29) is 46.0 Å². The van der Waals surface area contributed by atoms with Gasteiger partial charge in [0.25, 0.3) is 0 Å². The van der Waals surface area contributed by atoms with E-state index in [4.69, 9.17) is 9.47 Å². The van der Waals surface area contributed by atoms with Crippen LogP contribution in [0.25, 0.3) is 6.08 Å². The second-order valence-corrected chi connectivity index (χ2v) is 7.42. The summed E-state index contributed by atoms with van der Waals surface area (Å²) in [5.74, 6) is -2.67. The van der Waals surface area contributed by atoms with Crippen molar-refractivity contribution in [2.75, 3.05) is 0 Å². The molecule has 0 atom stereocenters. The normalized spacial score (nSPS) is 14.1. The highest BCUT2D eigenvalue weighted by molar-refractivity contribution is 6.31. The Balaban J connectivity index is 2.15. The zero-order valence-corrected chi connectivity index (χ0v) is 17.2. The summed E-state index contributed by atoms with van der Waals surface area (Å²) < 4.78 is 10.9. The number of Topliss-reactive ketones (excluding diaryl/α,β-unsaturated/α-hetero) is 1. The van der Waals surface area contributed by atoms with E-state index in [1.54, 1.807) is 12.1 Å². The minimum atomic E-state index is -0.688. The van der Waals surface area contributed by atoms with Gasteiger partial charge in [0.1, 0.15) is 5.75 Å². The van der Waals surface area contributed by atoms with Gasteiger partial charge >= 0.3 is 11.9 Å². The van der Waals surface area contributed by atoms with Crippen LogP contribution in [0.1, 0.15) is 70.2 Å². The van der Waals surface area contributed by atoms with Gasteiger partial charge in [-0.3, -0.25) is 24.0 Å². The third-order valence-electron chi connectivity index (χ3n) is 5.33. The van der Waals surface area contributed by atoms with Crippen molar-refractivity contribution in [3.05, 3.63) is 63.2 Å². The van der Waals surface area contributed by atoms with Gasteiger partial charge in [0.15, 0.2) is 23.1 Å². The molecule has 0 N–H and O–H groups in total. The van der Waals surface area contributed by atoms with Crippen molar-refractivity contribution in [1.82, 2.24) is 0 Å². The van der Waals surface area contributed by atoms with Crippen LogP contribution in [0, 0.1) is 0 Å². The minimum absolute atomic E-state index is 0.0277. The van der Waals surface area contributed by atoms with Crippen molar-refractivity contribution < 1.29 is 33.4 Å². The summed E-state index contributed by atoms with van der Waals surface area (Å²) >= 11 is 0. The van der Waals surface area contributed by atoms with Crippen LogP contribution in [0.4, 0.5) is 0 Å². The third kappa shape index (κ3) is 3.28. The first-order chi connectivity index (χ1) is 14.7. The van der Waals surface area contributed by atoms with Crippen molar-refractivity contribution in [2.24, 2.45) is 0 Å². The lowest BCUT2D eigenvalue weighted by Gasteiger charge is -2.28. The van der Waals surface area contributed by atoms with Crippen molar-refractivity contribution in [3.63, 3.8) is 0 Å². The minimum Gasteiger partial charge on any atom is -0.426 e. The standard InChI is InChI=1S/C24H18O7/c1-11(25)14-8-9-17-18(10-14)24(31-13(3)27)20-19(23(17)30-12(2)26)21(28)15-6-4-5-7-16(15)22(20)29/h4-7,10H,8-9H2,1-3H3. The van der Waals surface area contributed by atoms with Gasteiger partial charge in [0.2, 0.25) is 0 Å². The summed E-state index contributed by atoms with van der Waals surface area (Å²) in [5.41, 5.74) is 1.30. The number of ether oxygens (including phenoxy) is 2. The molecule has 0 bridgehead atoms. The highest BCUT2D eigenvalue weighted by Gasteiger charge is 2.40. The molecule has 156 valence electrons. The monoisotopic (exact) mass is 418 g/mol. The summed E-state index contributed by atoms with van der Waals surface area (Å²) in [6.45, 7) is 3.79. The van der Waals surface area contributed by atoms with Crippen LogP contribution in [-0.2, 0) is 20.8 Å². The highest BCUT2D eigenvalue weighted by Crippen LogP contribution is 2.47. The number of hydrogen-bond donors (Lipinski definition) is 0. The fourth-order valence-electron chi connectivity index (χ4n) is 4.04. The third-order valence-corrected chi connectivity index (χ3v) is 5.33. The van der Waals surface area contributed by atoms with Gasteiger partial charge in [-0.1, -0.05) is 24.3 Å². The molecule has 2 aromatic carbocycles. The Hall–Kier alpha value is -3.87. The molecule has 0 saturated heterocycles. The molecule has 2 aromatic rings. The Labute approximate surface area is 177 Å². The lowest BCUT2D eigenvalue weighted by atomic mass is 9.78. The number of ketones is 3. The topological polar surface area (TPSA) is 104 Å². The van der Waals surface area contributed by atoms with Crippen molar-refractivity contribution >= 4 is 35.4 Å². The van der Waals surface area contributed by atoms with E-state index >= 15 is 0 Å². The molecule has 0 unspecified atom stereocenters. The van der Waals surface area contributed by atoms with Crippen molar-refractivity contribution in [1.29, 1.82) is 0 Å². The molecule has 0 spiro atoms. The van der Waals surface area contributed by atoms with Crippen LogP contribution >= 0.6 is 0 Å². The number of carbonyl (C=O) groups is 5. The molecule has 0 aromatic heterocycles. The summed E-state index contributed by atoms with van der Waals surface area (Å²) in [4.78, 5) is 62.6. The second-order valence-electron chi connectivity index (χ2n) is 7.42. The van der Waals surface area contributed by atoms with E-state index in [0.717, 1.165) is 0 Å². The molecule has 0 saturated carbocycles. The number of hydrogen-bond acceptors (Lipinski definition) is 7. The van der Waals surface area contributed by atoms with Crippen molar-refractivity contribution in [2.45, 2.75) is 33.6 Å². The molecule has 0 fully saturated rings. The lowest BCUT2D eigenvalue weighted by Crippen LogP contribution is -2.26. The number of rotatable bonds is 3. The Morgan fingerprint density at radius 2 is 1.29 bits per heavy atom. The summed E-state index contributed by atoms with van der Waals surface area (Å²) in [6, 6.07) is 6.29. The van der Waals surface area contributed by atoms with Gasteiger partial charge < -0.3 is 9.47 Å². The molecular weight excluding hydrogens is 400 g/mol. The Morgan fingerprint density at radius 1 is 0.774 bits per heavy atom. The smallest absolute Gasteiger partial charge is 0.308 e. The largest absolute Gasteiger partial charge is 0.426 e. The van der Waals surface area contributed by atoms with Gasteiger partial charge in [-0.05, 0) is 31.4 Å². The summed E-state index contributed by atoms with van der Waals surface area (Å²) in [7, 11) is 0. The van der Waals surface area contributed by atoms with Gasteiger partial charge in [-0.2, -0.15) is 0 Å². The fourth-order valence-corrected chi connectivity index (χ4v) is 4.04. The quantitative estimate of drug-likeness (QED) is 0.475. The number of allylic oxidation sites excluding steroid dienone is 1. The molecule has 0 amide bonds. The maximum Gasteiger partial charge on any atom is 0.308 e. The van der Waals surface area contributed by atoms with Crippen LogP contribution in [-0.4, -0.2) is 29.3 Å². The lowest BCUT2D eigenvalue weighted by molar-refractivity contribution is -0.133. The molecule has 2 aliphatic carbocycles. The Kier molecular flexibility index (Phi) is 4.89. The predicted octanol–water partition coefficient (Wildman–Crippen LogP) is 3.23. The van der Waals surface area contributed by atoms with E-state index in [9.17, 15) is 24.0 Å². The molecule has 7 nitrogen and oxygen atoms in total. The predicted molar refractivity (Wildman–Crippen MR) is 109 cm³/mol. The molecule has 7 heteroatoms. The first kappa shape index (κ1) is 20.4. The molecular formula is C24H18O7. The Morgan fingerprint density at radius 3 is 1.81 bits per heavy atom. The van der Waals surface area contributed by atoms with Gasteiger partial charge in [-0.15, -0.1) is 0 Å². The molecule has 0 heterocycles. The van der Waals surface area contributed by atoms with Crippen molar-refractivity contribution in [3.8, 4) is 11.5 Å². The maximum absolute atomic E-state index is 13.4. The van der Waals surface area contributed by atoms with Gasteiger partial charge in [0.05, 0.1) is 11.1 Å². The molecule has 2 aliphatic rings. The maximum atomic E-state index is 13.4. The van der Waals surface area contributed by atoms with Gasteiger partial charge in [0, 0.05) is 36.1 Å². The summed E-state index contributed by atoms with van der Waals surface area (Å²) in [6.07, 6.45) is 2.16. The summed E-state index contributed by atoms with van der Waals surface area (Å²) in [5, 5.41) is 0. The van der Waals surface area contributed by atoms with Crippen LogP contribution in [0.15, 0.2) is 29.8 Å². The molecule has 0 aliphatic heterocycles. The zero-order valence-electron chi connectivity index (χ0n) is 17.2. The molecule has 31 heavy (non-hydrogen) atoms. The first-order valence-electron chi connectivity index (χ1n) is 9.70. The second kappa shape index (κ2) is 7.43. The molecule has 0 radical (unpaired) electrons. The van der Waals surface area contributed by atoms with Crippen LogP contribution in [0.3, 0.4) is 0 Å². The number of esters is 2. The zero-order chi connectivity index (χ0) is 22.4. The Bertz CT molecular complexity index is 1250. The van der Waals surface area contributed by atoms with E-state index in [1.807, 2.05) is 0 Å². The SMILES string of the molecule is CC(=O)Oc1c2c(c(OC(C)=O)c3c1C(=O)c1ccccc1C3=O)CCC(C(C)=O)=C2. The van der Waals surface area contributed by atoms with Crippen LogP contribution < -0.4 is 9.47 Å². The first-order valence-corrected chi connectivity index (χ1v) is 9.70. The fraction of sp³-hybridized carbons (Fsp3) is 0.208. The number of carbonyl (C=O) groups excluding carboxylic acids is 5. The van der Waals surface area contributed by atoms with Crippen LogP contribution in [0.5, 0.6) is 11.5 Å². The van der Waals surface area contributed by atoms with E-state index in [0.29, 0.717) is 23.1 Å². The number of benzene rings is 2. The highest BCUT2D eigenvalue weighted by atomic mass is 16.5. The van der Waals surface area contributed by atoms with E-state index in [1.165, 1.54) is 39.0 Å². The average molecular weight is 418 g/mol.